The van der Waals surface area contributed by atoms with Crippen LogP contribution in [0.5, 0.6) is 23.0 Å². The molecule has 0 saturated heterocycles. The summed E-state index contributed by atoms with van der Waals surface area (Å²) < 4.78 is 24.5. The minimum Gasteiger partial charge on any atom is -0.488 e. The van der Waals surface area contributed by atoms with Gasteiger partial charge in [0.2, 0.25) is 0 Å². The second-order valence-electron chi connectivity index (χ2n) is 10.3. The first-order valence-corrected chi connectivity index (χ1v) is 15.2. The highest BCUT2D eigenvalue weighted by Gasteiger charge is 2.17. The first-order valence-electron chi connectivity index (χ1n) is 14.4. The number of nitriles is 2. The van der Waals surface area contributed by atoms with E-state index in [2.05, 4.69) is 33.4 Å². The van der Waals surface area contributed by atoms with Crippen molar-refractivity contribution in [3.05, 3.63) is 105 Å². The number of aliphatic carboxylic acids is 1. The third-order valence-electron chi connectivity index (χ3n) is 7.12. The lowest BCUT2D eigenvalue weighted by molar-refractivity contribution is -0.137. The maximum Gasteiger partial charge on any atom is 0.303 e. The number of nitrogens with zero attached hydrogens (tertiary/aromatic N) is 2. The molecule has 0 bridgehead atoms. The Balaban J connectivity index is 1.36. The molecule has 0 atom stereocenters. The van der Waals surface area contributed by atoms with Crippen LogP contribution >= 0.6 is 15.9 Å². The Morgan fingerprint density at radius 3 is 2.49 bits per heavy atom. The Hall–Kier alpha value is -5.03. The lowest BCUT2D eigenvalue weighted by atomic mass is 9.96. The maximum atomic E-state index is 10.9. The minimum absolute atomic E-state index is 0.0859. The SMILES string of the molecule is N#Cc1cccc(COc2cc(OCc3cccc(-c4ccc5c(c4)OCCO5)c3C#N)c(Br)cc2CNCCCC(=O)O)c1. The number of hydrogen-bond acceptors (Lipinski definition) is 8. The lowest BCUT2D eigenvalue weighted by Gasteiger charge is -2.19. The summed E-state index contributed by atoms with van der Waals surface area (Å²) in [5.41, 5.74) is 5.06. The smallest absolute Gasteiger partial charge is 0.303 e. The van der Waals surface area contributed by atoms with E-state index in [1.165, 1.54) is 0 Å². The molecule has 0 spiro atoms. The van der Waals surface area contributed by atoms with Crippen molar-refractivity contribution in [2.75, 3.05) is 19.8 Å². The van der Waals surface area contributed by atoms with E-state index in [0.717, 1.165) is 27.8 Å². The molecule has 0 radical (unpaired) electrons. The average Bonchev–Trinajstić information content (AvgIpc) is 3.06. The molecular weight excluding hydrogens is 638 g/mol. The van der Waals surface area contributed by atoms with Gasteiger partial charge in [0.1, 0.15) is 44.0 Å². The number of ether oxygens (including phenoxy) is 4. The second kappa shape index (κ2) is 15.1. The van der Waals surface area contributed by atoms with E-state index in [-0.39, 0.29) is 19.6 Å². The van der Waals surface area contributed by atoms with Crippen molar-refractivity contribution in [3.8, 4) is 46.3 Å². The van der Waals surface area contributed by atoms with Crippen LogP contribution in [0.1, 0.15) is 40.7 Å². The zero-order valence-corrected chi connectivity index (χ0v) is 25.9. The molecule has 0 aromatic heterocycles. The van der Waals surface area contributed by atoms with E-state index in [4.69, 9.17) is 24.1 Å². The fourth-order valence-electron chi connectivity index (χ4n) is 4.90. The van der Waals surface area contributed by atoms with E-state index < -0.39 is 5.97 Å². The van der Waals surface area contributed by atoms with Gasteiger partial charge < -0.3 is 29.4 Å². The first-order chi connectivity index (χ1) is 21.9. The van der Waals surface area contributed by atoms with Crippen LogP contribution in [-0.2, 0) is 24.6 Å². The highest BCUT2D eigenvalue weighted by atomic mass is 79.9. The fraction of sp³-hybridized carbons (Fsp3) is 0.229. The van der Waals surface area contributed by atoms with Crippen LogP contribution in [0.2, 0.25) is 0 Å². The van der Waals surface area contributed by atoms with E-state index in [0.29, 0.717) is 71.3 Å². The summed E-state index contributed by atoms with van der Waals surface area (Å²) in [6.07, 6.45) is 0.587. The van der Waals surface area contributed by atoms with Gasteiger partial charge in [-0.2, -0.15) is 10.5 Å². The molecule has 0 unspecified atom stereocenters. The Labute approximate surface area is 269 Å². The number of nitrogens with one attached hydrogen (secondary N) is 1. The number of halogens is 1. The molecule has 2 N–H and O–H groups in total. The zero-order valence-electron chi connectivity index (χ0n) is 24.3. The topological polar surface area (TPSA) is 134 Å². The van der Waals surface area contributed by atoms with Crippen LogP contribution in [0.4, 0.5) is 0 Å². The number of carbonyl (C=O) groups is 1. The number of benzene rings is 4. The summed E-state index contributed by atoms with van der Waals surface area (Å²) in [5, 5.41) is 31.6. The van der Waals surface area contributed by atoms with Gasteiger partial charge in [0.25, 0.3) is 0 Å². The maximum absolute atomic E-state index is 10.9. The summed E-state index contributed by atoms with van der Waals surface area (Å²) in [4.78, 5) is 10.9. The number of carboxylic acid groups (broad SMARTS) is 1. The molecule has 1 heterocycles. The van der Waals surface area contributed by atoms with Gasteiger partial charge in [-0.05, 0) is 75.9 Å². The van der Waals surface area contributed by atoms with Gasteiger partial charge in [0.05, 0.1) is 21.7 Å². The van der Waals surface area contributed by atoms with Crippen molar-refractivity contribution in [1.82, 2.24) is 5.32 Å². The van der Waals surface area contributed by atoms with Gasteiger partial charge in [-0.3, -0.25) is 4.79 Å². The van der Waals surface area contributed by atoms with Gasteiger partial charge in [-0.1, -0.05) is 36.4 Å². The third kappa shape index (κ3) is 8.12. The molecule has 228 valence electrons. The van der Waals surface area contributed by atoms with Gasteiger partial charge in [0.15, 0.2) is 11.5 Å². The van der Waals surface area contributed by atoms with Gasteiger partial charge in [0, 0.05) is 30.2 Å². The van der Waals surface area contributed by atoms with Crippen molar-refractivity contribution in [1.29, 1.82) is 10.5 Å². The fourth-order valence-corrected chi connectivity index (χ4v) is 5.40. The monoisotopic (exact) mass is 667 g/mol. The number of hydrogen-bond donors (Lipinski definition) is 2. The van der Waals surface area contributed by atoms with E-state index >= 15 is 0 Å². The van der Waals surface area contributed by atoms with Gasteiger partial charge in [-0.15, -0.1) is 0 Å². The van der Waals surface area contributed by atoms with Crippen LogP contribution in [0.25, 0.3) is 11.1 Å². The molecule has 45 heavy (non-hydrogen) atoms. The summed E-state index contributed by atoms with van der Waals surface area (Å²) in [7, 11) is 0. The molecular formula is C35H30BrN3O6. The van der Waals surface area contributed by atoms with Crippen molar-refractivity contribution < 1.29 is 28.8 Å². The highest BCUT2D eigenvalue weighted by Crippen LogP contribution is 2.37. The first kappa shape index (κ1) is 31.4. The molecule has 0 aliphatic carbocycles. The molecule has 10 heteroatoms. The van der Waals surface area contributed by atoms with Crippen molar-refractivity contribution in [2.45, 2.75) is 32.6 Å². The molecule has 1 aliphatic heterocycles. The Kier molecular flexibility index (Phi) is 10.5. The molecule has 4 aromatic rings. The number of carboxylic acids is 1. The summed E-state index contributed by atoms with van der Waals surface area (Å²) >= 11 is 3.62. The molecule has 1 aliphatic rings. The van der Waals surface area contributed by atoms with Crippen molar-refractivity contribution in [3.63, 3.8) is 0 Å². The molecule has 0 fully saturated rings. The quantitative estimate of drug-likeness (QED) is 0.149. The van der Waals surface area contributed by atoms with Crippen molar-refractivity contribution in [2.24, 2.45) is 0 Å². The van der Waals surface area contributed by atoms with Crippen LogP contribution in [0.15, 0.2) is 77.3 Å². The Bertz CT molecular complexity index is 1780. The molecule has 5 rings (SSSR count). The Morgan fingerprint density at radius 1 is 0.889 bits per heavy atom. The molecule has 0 saturated carbocycles. The molecule has 0 amide bonds. The Morgan fingerprint density at radius 2 is 1.69 bits per heavy atom. The largest absolute Gasteiger partial charge is 0.488 e. The van der Waals surface area contributed by atoms with E-state index in [9.17, 15) is 15.3 Å². The minimum atomic E-state index is -0.832. The predicted octanol–water partition coefficient (Wildman–Crippen LogP) is 6.74. The lowest BCUT2D eigenvalue weighted by Crippen LogP contribution is -2.16. The van der Waals surface area contributed by atoms with Crippen LogP contribution in [0.3, 0.4) is 0 Å². The van der Waals surface area contributed by atoms with Crippen LogP contribution in [-0.4, -0.2) is 30.8 Å². The second-order valence-corrected chi connectivity index (χ2v) is 11.1. The molecule has 9 nitrogen and oxygen atoms in total. The van der Waals surface area contributed by atoms with Gasteiger partial charge in [-0.25, -0.2) is 0 Å². The third-order valence-corrected chi connectivity index (χ3v) is 7.74. The van der Waals surface area contributed by atoms with Crippen LogP contribution < -0.4 is 24.3 Å². The van der Waals surface area contributed by atoms with Crippen molar-refractivity contribution >= 4 is 21.9 Å². The average molecular weight is 669 g/mol. The van der Waals surface area contributed by atoms with Gasteiger partial charge >= 0.3 is 5.97 Å². The number of rotatable bonds is 13. The normalized spacial score (nSPS) is 11.7. The van der Waals surface area contributed by atoms with Crippen LogP contribution in [0, 0.1) is 22.7 Å². The highest BCUT2D eigenvalue weighted by molar-refractivity contribution is 9.10. The number of fused-ring (bicyclic) bond motifs is 1. The predicted molar refractivity (Wildman–Crippen MR) is 170 cm³/mol. The van der Waals surface area contributed by atoms with E-state index in [1.54, 1.807) is 18.2 Å². The standard InChI is InChI=1S/C35H30BrN3O6/c36-30-15-27(20-39-11-3-8-35(40)41)32(44-21-24-5-1-4-23(14-24)18-37)17-33(30)45-22-26-6-2-7-28(29(26)19-38)25-9-10-31-34(16-25)43-13-12-42-31/h1-2,4-7,9-10,14-17,39H,3,8,11-13,20-22H2,(H,40,41). The molecule has 4 aromatic carbocycles. The summed E-state index contributed by atoms with van der Waals surface area (Å²) in [6.45, 7) is 2.32. The zero-order chi connectivity index (χ0) is 31.6. The van der Waals surface area contributed by atoms with E-state index in [1.807, 2.05) is 54.6 Å². The summed E-state index contributed by atoms with van der Waals surface area (Å²) in [6, 6.07) is 26.7. The summed E-state index contributed by atoms with van der Waals surface area (Å²) in [5.74, 6) is 1.60.